The third-order valence-corrected chi connectivity index (χ3v) is 8.31. The van der Waals surface area contributed by atoms with Crippen LogP contribution in [0.3, 0.4) is 0 Å². The van der Waals surface area contributed by atoms with Crippen LogP contribution in [0.5, 0.6) is 0 Å². The molecule has 16 heteroatoms. The quantitative estimate of drug-likeness (QED) is 0.247. The topological polar surface area (TPSA) is 64.6 Å². The number of hydrogen-bond acceptors (Lipinski definition) is 7. The van der Waals surface area contributed by atoms with E-state index >= 15 is 0 Å². The molecule has 0 saturated carbocycles. The molecule has 2 fully saturated rings. The van der Waals surface area contributed by atoms with E-state index in [0.717, 1.165) is 12.6 Å². The molecule has 7 nitrogen and oxygen atoms in total. The van der Waals surface area contributed by atoms with Gasteiger partial charge in [-0.2, -0.15) is 0 Å². The van der Waals surface area contributed by atoms with E-state index in [9.17, 15) is 0 Å². The summed E-state index contributed by atoms with van der Waals surface area (Å²) in [5.74, 6) is 0. The first kappa shape index (κ1) is 31.9. The molecule has 0 aromatic carbocycles. The molecule has 2 heterocycles. The van der Waals surface area contributed by atoms with Crippen LogP contribution >= 0.6 is 61.9 Å². The smallest absolute Gasteiger partial charge is 0.149 e. The summed E-state index contributed by atoms with van der Waals surface area (Å²) in [6, 6.07) is 0.0783. The van der Waals surface area contributed by atoms with E-state index in [2.05, 4.69) is 41.5 Å². The zero-order valence-electron chi connectivity index (χ0n) is 18.8. The molecule has 0 aromatic heterocycles. The fraction of sp³-hybridized carbons (Fsp3) is 1.00. The third kappa shape index (κ3) is 10.0. The molecule has 2 aliphatic rings. The second-order valence-corrected chi connectivity index (χ2v) is 11.1. The lowest BCUT2D eigenvalue weighted by Gasteiger charge is -2.22. The lowest BCUT2D eigenvalue weighted by Crippen LogP contribution is -2.36. The first-order valence-corrected chi connectivity index (χ1v) is 18.6. The molecule has 2 rings (SSSR count). The summed E-state index contributed by atoms with van der Waals surface area (Å²) in [7, 11) is 15.0. The summed E-state index contributed by atoms with van der Waals surface area (Å²) >= 11 is 0. The molecule has 0 aliphatic carbocycles. The van der Waals surface area contributed by atoms with E-state index in [-0.39, 0.29) is 48.6 Å². The monoisotopic (exact) mass is 568 g/mol. The van der Waals surface area contributed by atoms with Crippen molar-refractivity contribution in [3.8, 4) is 0 Å². The molecular formula is C15H37B2O7P7. The van der Waals surface area contributed by atoms with Crippen molar-refractivity contribution >= 4 is 76.5 Å². The van der Waals surface area contributed by atoms with E-state index < -0.39 is 0 Å². The highest BCUT2D eigenvalue weighted by Gasteiger charge is 2.45. The van der Waals surface area contributed by atoms with Gasteiger partial charge in [0.25, 0.3) is 0 Å². The first-order valence-electron chi connectivity index (χ1n) is 10.1. The summed E-state index contributed by atoms with van der Waals surface area (Å²) in [4.78, 5) is 0. The molecule has 2 saturated heterocycles. The Hall–Kier alpha value is 2.86. The van der Waals surface area contributed by atoms with Gasteiger partial charge in [0.2, 0.25) is 0 Å². The molecule has 180 valence electrons. The maximum Gasteiger partial charge on any atom is 0.149 e. The Morgan fingerprint density at radius 1 is 0.871 bits per heavy atom. The van der Waals surface area contributed by atoms with Gasteiger partial charge in [0.05, 0.1) is 24.2 Å². The van der Waals surface area contributed by atoms with Crippen LogP contribution in [-0.4, -0.2) is 83.1 Å². The van der Waals surface area contributed by atoms with E-state index in [0.29, 0.717) is 34.6 Å². The predicted molar refractivity (Wildman–Crippen MR) is 151 cm³/mol. The van der Waals surface area contributed by atoms with Gasteiger partial charge >= 0.3 is 0 Å². The number of rotatable bonds is 13. The second kappa shape index (κ2) is 19.0. The summed E-state index contributed by atoms with van der Waals surface area (Å²) < 4.78 is 39.4. The molecule has 2 aliphatic heterocycles. The largest absolute Gasteiger partial charge is 0.378 e. The summed E-state index contributed by atoms with van der Waals surface area (Å²) in [5, 5.41) is 0. The average molecular weight is 568 g/mol. The average Bonchev–Trinajstić information content (AvgIpc) is 3.30. The van der Waals surface area contributed by atoms with Crippen LogP contribution in [0.15, 0.2) is 0 Å². The second-order valence-electron chi connectivity index (χ2n) is 6.69. The van der Waals surface area contributed by atoms with Crippen molar-refractivity contribution in [2.24, 2.45) is 0 Å². The van der Waals surface area contributed by atoms with E-state index in [4.69, 9.17) is 32.1 Å². The molecule has 0 N–H and O–H groups in total. The van der Waals surface area contributed by atoms with Crippen LogP contribution < -0.4 is 0 Å². The van der Waals surface area contributed by atoms with Crippen LogP contribution in [0.25, 0.3) is 0 Å². The molecule has 0 aromatic rings. The highest BCUT2D eigenvalue weighted by atomic mass is 32.0. The van der Waals surface area contributed by atoms with Crippen molar-refractivity contribution in [1.29, 1.82) is 0 Å². The molecule has 2 radical (unpaired) electrons. The van der Waals surface area contributed by atoms with Crippen molar-refractivity contribution in [1.82, 2.24) is 0 Å². The van der Waals surface area contributed by atoms with E-state index in [1.807, 2.05) is 27.6 Å². The normalized spacial score (nSPS) is 36.5. The molecular weight excluding hydrogens is 531 g/mol. The minimum Gasteiger partial charge on any atom is -0.378 e. The molecule has 15 atom stereocenters. The minimum atomic E-state index is -0.0399. The van der Waals surface area contributed by atoms with Crippen LogP contribution in [0.4, 0.5) is 0 Å². The zero-order chi connectivity index (χ0) is 23.2. The molecule has 31 heavy (non-hydrogen) atoms. The summed E-state index contributed by atoms with van der Waals surface area (Å²) in [6.45, 7) is 8.15. The maximum absolute atomic E-state index is 5.88. The van der Waals surface area contributed by atoms with Gasteiger partial charge in [-0.25, -0.2) is 0 Å². The van der Waals surface area contributed by atoms with Crippen LogP contribution in [-0.2, 0) is 32.1 Å². The lowest BCUT2D eigenvalue weighted by molar-refractivity contribution is 0.0442. The third-order valence-electron chi connectivity index (χ3n) is 5.00. The standard InChI is InChI=1S/C8H19BO3P3.C7H18BO4P4/c1-4-5-6(11-14-3)7(12-15-13)8(9-2)10-5;1-8-7-6(12-16-14)5(11-13)4(10-7)3-15-9-2/h5-8,14-15H,4,13H2,1-3H3;4-7,15-16H,3,13-14H2,1-2H3/t5-,6+,7?,8-;4-,5+,6?,7-/m11/s1. The Kier molecular flexibility index (Phi) is 19.6. The SMILES string of the molecule is C[B][C@@H]1O[C@H](CC)[C@H](OPC)C1OPP.C[B][C@@H]1O[C@H](CPOC)[C@H](OP)C1OPP. The van der Waals surface area contributed by atoms with Gasteiger partial charge in [-0.3, -0.25) is 0 Å². The molecule has 0 spiro atoms. The summed E-state index contributed by atoms with van der Waals surface area (Å²) in [6.07, 6.45) is 2.12. The van der Waals surface area contributed by atoms with E-state index in [1.165, 1.54) is 0 Å². The highest BCUT2D eigenvalue weighted by Crippen LogP contribution is 2.38. The maximum atomic E-state index is 5.88. The van der Waals surface area contributed by atoms with Gasteiger partial charge in [0.1, 0.15) is 39.0 Å². The highest BCUT2D eigenvalue weighted by molar-refractivity contribution is 8.00. The van der Waals surface area contributed by atoms with Crippen LogP contribution in [0.2, 0.25) is 13.6 Å². The van der Waals surface area contributed by atoms with Crippen molar-refractivity contribution in [2.75, 3.05) is 19.9 Å². The first-order chi connectivity index (χ1) is 15.1. The Morgan fingerprint density at radius 3 is 1.84 bits per heavy atom. The van der Waals surface area contributed by atoms with Crippen molar-refractivity contribution in [3.05, 3.63) is 0 Å². The molecule has 0 bridgehead atoms. The Labute approximate surface area is 203 Å². The molecule has 9 unspecified atom stereocenters. The zero-order valence-corrected chi connectivity index (χ0v) is 26.2. The Bertz CT molecular complexity index is 448. The van der Waals surface area contributed by atoms with Crippen molar-refractivity contribution in [3.63, 3.8) is 0 Å². The van der Waals surface area contributed by atoms with Gasteiger partial charge < -0.3 is 32.1 Å². The number of hydrogen-bond donors (Lipinski definition) is 0. The van der Waals surface area contributed by atoms with E-state index in [1.54, 1.807) is 7.11 Å². The summed E-state index contributed by atoms with van der Waals surface area (Å²) in [5.41, 5.74) is 0. The van der Waals surface area contributed by atoms with Crippen LogP contribution in [0, 0.1) is 0 Å². The van der Waals surface area contributed by atoms with Gasteiger partial charge in [0.15, 0.2) is 0 Å². The van der Waals surface area contributed by atoms with Crippen LogP contribution in [0.1, 0.15) is 13.3 Å². The van der Waals surface area contributed by atoms with Crippen molar-refractivity contribution in [2.45, 2.75) is 75.6 Å². The van der Waals surface area contributed by atoms with Gasteiger partial charge in [0, 0.05) is 57.3 Å². The fourth-order valence-electron chi connectivity index (χ4n) is 3.57. The minimum absolute atomic E-state index is 0.00487. The van der Waals surface area contributed by atoms with Gasteiger partial charge in [-0.05, 0) is 13.1 Å². The van der Waals surface area contributed by atoms with Gasteiger partial charge in [-0.15, -0.1) is 0 Å². The fourth-order valence-corrected chi connectivity index (χ4v) is 6.92. The Balaban J connectivity index is 0.000000311. The van der Waals surface area contributed by atoms with Gasteiger partial charge in [-0.1, -0.05) is 38.4 Å². The predicted octanol–water partition coefficient (Wildman–Crippen LogP) is 3.90. The Morgan fingerprint density at radius 2 is 1.42 bits per heavy atom. The molecule has 0 amide bonds. The van der Waals surface area contributed by atoms with Crippen molar-refractivity contribution < 1.29 is 32.1 Å². The lowest BCUT2D eigenvalue weighted by atomic mass is 9.72. The number of ether oxygens (including phenoxy) is 2.